The monoisotopic (exact) mass is 807 g/mol. The molecule has 2 heterocycles. The molecular formula is C43H46N5O9P. The van der Waals surface area contributed by atoms with Crippen LogP contribution in [0.3, 0.4) is 0 Å². The predicted molar refractivity (Wildman–Crippen MR) is 216 cm³/mol. The average Bonchev–Trinajstić information content (AvgIpc) is 3.48. The smallest absolute Gasteiger partial charge is 0.459 e. The first-order chi connectivity index (χ1) is 27.8. The second-order valence-corrected chi connectivity index (χ2v) is 15.9. The maximum atomic E-state index is 14.1. The van der Waals surface area contributed by atoms with Crippen LogP contribution in [0.25, 0.3) is 0 Å². The summed E-state index contributed by atoms with van der Waals surface area (Å²) in [5.74, 6) is 0.379. The fourth-order valence-electron chi connectivity index (χ4n) is 6.81. The van der Waals surface area contributed by atoms with Crippen LogP contribution in [0, 0.1) is 16.7 Å². The van der Waals surface area contributed by atoms with Crippen LogP contribution in [-0.4, -0.2) is 58.7 Å². The Morgan fingerprint density at radius 2 is 1.50 bits per heavy atom. The number of nitrogens with one attached hydrogen (secondary N) is 2. The number of aliphatic hydroxyl groups is 1. The molecule has 15 heteroatoms. The number of nitriles is 1. The number of ether oxygens (including phenoxy) is 3. The van der Waals surface area contributed by atoms with Gasteiger partial charge in [-0.1, -0.05) is 91.0 Å². The number of carbonyl (C=O) groups excluding carboxylic acids is 1. The standard InChI is InChI=1S/C43H46N5O9P/c1-29(2)55-39(50)30(3)47-58(52,57-35-19-13-8-14-20-35)54-27-36-38(49)42(4,28-44)40(56-36)48-26-25-37(45-41(48)51)46-43(31-15-9-6-10-16-31,32-17-11-7-12-18-32)33-21-23-34(53-5)24-22-33/h6-26,29-30,36,38,40,49H,27H2,1-5H3,(H,47,52)(H,45,46,51)/t30?,36?,38-,40?,42-,58-/m1/s1. The van der Waals surface area contributed by atoms with Gasteiger partial charge in [-0.05, 0) is 74.7 Å². The molecule has 6 rings (SSSR count). The maximum Gasteiger partial charge on any atom is 0.459 e. The SMILES string of the molecule is COc1ccc(C(Nc2ccn(C3OC(CO[P@](=O)(NC(C)C(=O)OC(C)C)Oc4ccccc4)[C@@H](O)[C@@]3(C)C#N)c(=O)n2)(c2ccccc2)c2ccccc2)cc1. The lowest BCUT2D eigenvalue weighted by molar-refractivity contribution is -0.149. The minimum atomic E-state index is -4.35. The van der Waals surface area contributed by atoms with Crippen molar-refractivity contribution in [2.24, 2.45) is 5.41 Å². The van der Waals surface area contributed by atoms with Crippen LogP contribution in [0.5, 0.6) is 11.5 Å². The molecule has 1 fully saturated rings. The Morgan fingerprint density at radius 1 is 0.931 bits per heavy atom. The van der Waals surface area contributed by atoms with Crippen molar-refractivity contribution < 1.29 is 37.7 Å². The lowest BCUT2D eigenvalue weighted by atomic mass is 9.77. The van der Waals surface area contributed by atoms with Crippen molar-refractivity contribution in [2.75, 3.05) is 19.0 Å². The number of hydrogen-bond donors (Lipinski definition) is 3. The highest BCUT2D eigenvalue weighted by Gasteiger charge is 2.56. The lowest BCUT2D eigenvalue weighted by Gasteiger charge is -2.37. The van der Waals surface area contributed by atoms with E-state index < -0.39 is 67.5 Å². The van der Waals surface area contributed by atoms with Gasteiger partial charge >= 0.3 is 19.4 Å². The fraction of sp³-hybridized carbons (Fsp3) is 0.302. The summed E-state index contributed by atoms with van der Waals surface area (Å²) in [6.07, 6.45) is -3.13. The Labute approximate surface area is 336 Å². The maximum absolute atomic E-state index is 14.1. The highest BCUT2D eigenvalue weighted by atomic mass is 31.2. The first-order valence-corrected chi connectivity index (χ1v) is 20.2. The number of methoxy groups -OCH3 is 1. The van der Waals surface area contributed by atoms with Crippen molar-refractivity contribution in [3.8, 4) is 17.6 Å². The summed E-state index contributed by atoms with van der Waals surface area (Å²) in [6, 6.07) is 37.8. The van der Waals surface area contributed by atoms with Gasteiger partial charge in [-0.25, -0.2) is 9.36 Å². The number of aliphatic hydroxyl groups excluding tert-OH is 1. The van der Waals surface area contributed by atoms with Crippen LogP contribution in [0.2, 0.25) is 0 Å². The van der Waals surface area contributed by atoms with E-state index in [1.165, 1.54) is 20.0 Å². The van der Waals surface area contributed by atoms with E-state index in [2.05, 4.69) is 21.5 Å². The molecule has 58 heavy (non-hydrogen) atoms. The third-order valence-corrected chi connectivity index (χ3v) is 11.4. The zero-order valence-corrected chi connectivity index (χ0v) is 33.6. The van der Waals surface area contributed by atoms with E-state index in [0.29, 0.717) is 5.75 Å². The molecule has 3 N–H and O–H groups in total. The van der Waals surface area contributed by atoms with Crippen molar-refractivity contribution in [1.29, 1.82) is 5.26 Å². The first-order valence-electron chi connectivity index (χ1n) is 18.7. The molecule has 4 aromatic carbocycles. The van der Waals surface area contributed by atoms with E-state index in [1.54, 1.807) is 57.4 Å². The molecule has 6 atom stereocenters. The number of anilines is 1. The molecular weight excluding hydrogens is 761 g/mol. The summed E-state index contributed by atoms with van der Waals surface area (Å²) in [5, 5.41) is 28.1. The van der Waals surface area contributed by atoms with Gasteiger partial charge in [0, 0.05) is 6.20 Å². The predicted octanol–water partition coefficient (Wildman–Crippen LogP) is 6.58. The van der Waals surface area contributed by atoms with Crippen LogP contribution in [-0.2, 0) is 28.9 Å². The highest BCUT2D eigenvalue weighted by molar-refractivity contribution is 7.52. The van der Waals surface area contributed by atoms with Gasteiger partial charge in [0.2, 0.25) is 0 Å². The number of nitrogens with zero attached hydrogens (tertiary/aromatic N) is 3. The van der Waals surface area contributed by atoms with Gasteiger partial charge in [0.15, 0.2) is 6.23 Å². The van der Waals surface area contributed by atoms with Crippen LogP contribution >= 0.6 is 7.75 Å². The molecule has 1 aliphatic heterocycles. The number of hydrogen-bond acceptors (Lipinski definition) is 12. The van der Waals surface area contributed by atoms with Crippen LogP contribution in [0.1, 0.15) is 50.6 Å². The van der Waals surface area contributed by atoms with E-state index in [4.69, 9.17) is 23.3 Å². The summed E-state index contributed by atoms with van der Waals surface area (Å²) in [7, 11) is -2.76. The molecule has 0 radical (unpaired) electrons. The molecule has 3 unspecified atom stereocenters. The zero-order valence-electron chi connectivity index (χ0n) is 32.7. The van der Waals surface area contributed by atoms with Gasteiger partial charge in [0.05, 0.1) is 25.9 Å². The van der Waals surface area contributed by atoms with Crippen molar-refractivity contribution in [3.05, 3.63) is 155 Å². The van der Waals surface area contributed by atoms with Crippen LogP contribution in [0.15, 0.2) is 132 Å². The van der Waals surface area contributed by atoms with Crippen LogP contribution < -0.4 is 25.4 Å². The van der Waals surface area contributed by atoms with E-state index in [9.17, 15) is 24.5 Å². The molecule has 1 saturated heterocycles. The van der Waals surface area contributed by atoms with E-state index >= 15 is 0 Å². The fourth-order valence-corrected chi connectivity index (χ4v) is 8.31. The topological polar surface area (TPSA) is 183 Å². The Morgan fingerprint density at radius 3 is 2.03 bits per heavy atom. The van der Waals surface area contributed by atoms with Crippen molar-refractivity contribution in [3.63, 3.8) is 0 Å². The summed E-state index contributed by atoms with van der Waals surface area (Å²) >= 11 is 0. The third-order valence-electron chi connectivity index (χ3n) is 9.79. The Balaban J connectivity index is 1.30. The summed E-state index contributed by atoms with van der Waals surface area (Å²) in [4.78, 5) is 31.0. The van der Waals surface area contributed by atoms with Crippen LogP contribution in [0.4, 0.5) is 5.82 Å². The van der Waals surface area contributed by atoms with Gasteiger partial charge < -0.3 is 29.2 Å². The quantitative estimate of drug-likeness (QED) is 0.0553. The van der Waals surface area contributed by atoms with Crippen molar-refractivity contribution in [2.45, 2.75) is 63.8 Å². The molecule has 1 aliphatic rings. The number of esters is 1. The second kappa shape index (κ2) is 17.8. The first kappa shape index (κ1) is 41.8. The molecule has 0 saturated carbocycles. The van der Waals surface area contributed by atoms with Crippen molar-refractivity contribution >= 4 is 19.5 Å². The number of rotatable bonds is 16. The average molecular weight is 808 g/mol. The number of carbonyl (C=O) groups is 1. The van der Waals surface area contributed by atoms with Gasteiger partial charge in [-0.15, -0.1) is 0 Å². The van der Waals surface area contributed by atoms with Crippen molar-refractivity contribution in [1.82, 2.24) is 14.6 Å². The lowest BCUT2D eigenvalue weighted by Crippen LogP contribution is -2.41. The number of benzene rings is 4. The minimum Gasteiger partial charge on any atom is -0.497 e. The molecule has 0 spiro atoms. The third kappa shape index (κ3) is 8.84. The Hall–Kier alpha value is -5.81. The van der Waals surface area contributed by atoms with E-state index in [-0.39, 0.29) is 11.6 Å². The second-order valence-electron chi connectivity index (χ2n) is 14.2. The van der Waals surface area contributed by atoms with Gasteiger partial charge in [0.1, 0.15) is 46.5 Å². The van der Waals surface area contributed by atoms with Gasteiger partial charge in [-0.3, -0.25) is 13.9 Å². The Bertz CT molecular complexity index is 2270. The molecule has 302 valence electrons. The molecule has 0 amide bonds. The number of para-hydroxylation sites is 1. The zero-order chi connectivity index (χ0) is 41.5. The van der Waals surface area contributed by atoms with E-state index in [0.717, 1.165) is 21.3 Å². The minimum absolute atomic E-state index is 0.178. The molecule has 1 aromatic heterocycles. The largest absolute Gasteiger partial charge is 0.497 e. The van der Waals surface area contributed by atoms with Gasteiger partial charge in [0.25, 0.3) is 0 Å². The normalized spacial score (nSPS) is 20.7. The summed E-state index contributed by atoms with van der Waals surface area (Å²) in [5.41, 5.74) is -0.916. The van der Waals surface area contributed by atoms with E-state index in [1.807, 2.05) is 84.9 Å². The van der Waals surface area contributed by atoms with Gasteiger partial charge in [-0.2, -0.15) is 15.3 Å². The Kier molecular flexibility index (Phi) is 12.8. The highest BCUT2D eigenvalue weighted by Crippen LogP contribution is 2.49. The number of aromatic nitrogens is 2. The molecule has 5 aromatic rings. The summed E-state index contributed by atoms with van der Waals surface area (Å²) in [6.45, 7) is 5.69. The molecule has 0 aliphatic carbocycles. The molecule has 0 bridgehead atoms. The molecule has 14 nitrogen and oxygen atoms in total. The summed E-state index contributed by atoms with van der Waals surface area (Å²) < 4.78 is 43.6.